The summed E-state index contributed by atoms with van der Waals surface area (Å²) in [5, 5.41) is 0. The van der Waals surface area contributed by atoms with Crippen LogP contribution in [-0.2, 0) is 6.42 Å². The molecular formula is C17H19F2N3O2. The summed E-state index contributed by atoms with van der Waals surface area (Å²) >= 11 is 0. The van der Waals surface area contributed by atoms with Gasteiger partial charge in [0.25, 0.3) is 12.3 Å². The van der Waals surface area contributed by atoms with E-state index in [1.807, 2.05) is 19.1 Å². The molecular weight excluding hydrogens is 316 g/mol. The van der Waals surface area contributed by atoms with Gasteiger partial charge >= 0.3 is 0 Å². The van der Waals surface area contributed by atoms with Gasteiger partial charge in [-0.25, -0.2) is 18.7 Å². The number of aryl methyl sites for hydroxylation is 1. The number of amides is 1. The highest BCUT2D eigenvalue weighted by molar-refractivity contribution is 5.92. The van der Waals surface area contributed by atoms with Crippen molar-refractivity contribution in [3.05, 3.63) is 47.4 Å². The Morgan fingerprint density at radius 1 is 1.38 bits per heavy atom. The van der Waals surface area contributed by atoms with Gasteiger partial charge in [-0.05, 0) is 37.5 Å². The maximum atomic E-state index is 12.8. The highest BCUT2D eigenvalue weighted by Crippen LogP contribution is 2.33. The molecule has 0 spiro atoms. The molecule has 0 bridgehead atoms. The van der Waals surface area contributed by atoms with Gasteiger partial charge in [0.05, 0.1) is 6.04 Å². The normalized spacial score (nSPS) is 18.2. The number of hydrogen-bond donors (Lipinski definition) is 0. The van der Waals surface area contributed by atoms with Gasteiger partial charge < -0.3 is 9.32 Å². The summed E-state index contributed by atoms with van der Waals surface area (Å²) in [6.45, 7) is 2.55. The second-order valence-corrected chi connectivity index (χ2v) is 5.80. The molecule has 1 atom stereocenters. The Morgan fingerprint density at radius 3 is 2.92 bits per heavy atom. The molecule has 1 aliphatic rings. The molecule has 0 aliphatic carbocycles. The Kier molecular flexibility index (Phi) is 4.87. The summed E-state index contributed by atoms with van der Waals surface area (Å²) in [7, 11) is 0. The molecule has 7 heteroatoms. The van der Waals surface area contributed by atoms with Crippen molar-refractivity contribution in [1.82, 2.24) is 14.9 Å². The van der Waals surface area contributed by atoms with Gasteiger partial charge in [0, 0.05) is 13.0 Å². The molecule has 1 unspecified atom stereocenters. The van der Waals surface area contributed by atoms with Crippen molar-refractivity contribution in [3.8, 4) is 0 Å². The predicted octanol–water partition coefficient (Wildman–Crippen LogP) is 3.94. The largest absolute Gasteiger partial charge is 0.464 e. The summed E-state index contributed by atoms with van der Waals surface area (Å²) in [5.41, 5.74) is -0.442. The molecule has 1 amide bonds. The lowest BCUT2D eigenvalue weighted by Gasteiger charge is -2.34. The molecule has 2 aromatic rings. The third-order valence-corrected chi connectivity index (χ3v) is 4.25. The second-order valence-electron chi connectivity index (χ2n) is 5.80. The number of alkyl halides is 2. The van der Waals surface area contributed by atoms with Crippen LogP contribution in [0.1, 0.15) is 66.4 Å². The Labute approximate surface area is 138 Å². The summed E-state index contributed by atoms with van der Waals surface area (Å²) < 4.78 is 31.4. The van der Waals surface area contributed by atoms with E-state index < -0.39 is 12.1 Å². The molecule has 5 nitrogen and oxygen atoms in total. The first-order valence-corrected chi connectivity index (χ1v) is 8.09. The van der Waals surface area contributed by atoms with E-state index >= 15 is 0 Å². The fourth-order valence-corrected chi connectivity index (χ4v) is 2.99. The van der Waals surface area contributed by atoms with Crippen molar-refractivity contribution < 1.29 is 18.0 Å². The minimum atomic E-state index is -2.73. The molecule has 0 radical (unpaired) electrons. The lowest BCUT2D eigenvalue weighted by molar-refractivity contribution is 0.0571. The minimum Gasteiger partial charge on any atom is -0.464 e. The van der Waals surface area contributed by atoms with Crippen LogP contribution in [0.15, 0.2) is 28.9 Å². The van der Waals surface area contributed by atoms with E-state index in [9.17, 15) is 13.6 Å². The first kappa shape index (κ1) is 16.5. The van der Waals surface area contributed by atoms with Crippen LogP contribution < -0.4 is 0 Å². The maximum Gasteiger partial charge on any atom is 0.280 e. The van der Waals surface area contributed by atoms with Crippen molar-refractivity contribution in [2.45, 2.75) is 45.1 Å². The van der Waals surface area contributed by atoms with Gasteiger partial charge in [-0.3, -0.25) is 4.79 Å². The van der Waals surface area contributed by atoms with Crippen molar-refractivity contribution in [2.75, 3.05) is 6.54 Å². The molecule has 1 fully saturated rings. The number of hydrogen-bond acceptors (Lipinski definition) is 4. The molecule has 24 heavy (non-hydrogen) atoms. The summed E-state index contributed by atoms with van der Waals surface area (Å²) in [6.07, 6.45) is 1.71. The highest BCUT2D eigenvalue weighted by atomic mass is 19.3. The summed E-state index contributed by atoms with van der Waals surface area (Å²) in [4.78, 5) is 21.8. The Hall–Kier alpha value is -2.31. The molecule has 0 saturated carbocycles. The van der Waals surface area contributed by atoms with Crippen molar-refractivity contribution in [3.63, 3.8) is 0 Å². The lowest BCUT2D eigenvalue weighted by Crippen LogP contribution is -2.38. The van der Waals surface area contributed by atoms with E-state index in [1.54, 1.807) is 4.90 Å². The van der Waals surface area contributed by atoms with Crippen LogP contribution in [-0.4, -0.2) is 27.3 Å². The fourth-order valence-electron chi connectivity index (χ4n) is 2.99. The SMILES string of the molecule is CCc1ccc(C2CCCCN2C(=O)c2cc(C(F)F)ncn2)o1. The van der Waals surface area contributed by atoms with Crippen LogP contribution in [0.2, 0.25) is 0 Å². The number of aromatic nitrogens is 2. The zero-order chi connectivity index (χ0) is 17.1. The topological polar surface area (TPSA) is 59.2 Å². The number of carbonyl (C=O) groups excluding carboxylic acids is 1. The van der Waals surface area contributed by atoms with Crippen LogP contribution in [0.3, 0.4) is 0 Å². The van der Waals surface area contributed by atoms with Gasteiger partial charge in [0.2, 0.25) is 0 Å². The average Bonchev–Trinajstić information content (AvgIpc) is 3.10. The number of halogens is 2. The van der Waals surface area contributed by atoms with Crippen molar-refractivity contribution >= 4 is 5.91 Å². The van der Waals surface area contributed by atoms with Crippen LogP contribution in [0, 0.1) is 0 Å². The third kappa shape index (κ3) is 3.29. The molecule has 128 valence electrons. The number of rotatable bonds is 4. The Balaban J connectivity index is 1.87. The molecule has 1 aliphatic heterocycles. The molecule has 1 saturated heterocycles. The molecule has 3 heterocycles. The number of piperidine rings is 1. The fraction of sp³-hybridized carbons (Fsp3) is 0.471. The van der Waals surface area contributed by atoms with Gasteiger partial charge in [-0.2, -0.15) is 0 Å². The molecule has 2 aromatic heterocycles. The maximum absolute atomic E-state index is 12.8. The summed E-state index contributed by atoms with van der Waals surface area (Å²) in [5.74, 6) is 1.24. The zero-order valence-electron chi connectivity index (χ0n) is 13.4. The predicted molar refractivity (Wildman–Crippen MR) is 82.7 cm³/mol. The molecule has 3 rings (SSSR count). The number of nitrogens with zero attached hydrogens (tertiary/aromatic N) is 3. The van der Waals surface area contributed by atoms with E-state index in [-0.39, 0.29) is 17.6 Å². The van der Waals surface area contributed by atoms with Gasteiger partial charge in [-0.15, -0.1) is 0 Å². The first-order valence-electron chi connectivity index (χ1n) is 8.09. The van der Waals surface area contributed by atoms with Crippen LogP contribution >= 0.6 is 0 Å². The molecule has 0 N–H and O–H groups in total. The Bertz CT molecular complexity index is 717. The van der Waals surface area contributed by atoms with E-state index in [4.69, 9.17) is 4.42 Å². The quantitative estimate of drug-likeness (QED) is 0.849. The monoisotopic (exact) mass is 335 g/mol. The van der Waals surface area contributed by atoms with E-state index in [0.717, 1.165) is 49.6 Å². The van der Waals surface area contributed by atoms with Crippen LogP contribution in [0.5, 0.6) is 0 Å². The standard InChI is InChI=1S/C17H19F2N3O2/c1-2-11-6-7-15(24-11)14-5-3-4-8-22(14)17(23)13-9-12(16(18)19)20-10-21-13/h6-7,9-10,14,16H,2-5,8H2,1H3. The van der Waals surface area contributed by atoms with Gasteiger partial charge in [-0.1, -0.05) is 6.92 Å². The second kappa shape index (κ2) is 7.07. The third-order valence-electron chi connectivity index (χ3n) is 4.25. The molecule has 0 aromatic carbocycles. The van der Waals surface area contributed by atoms with E-state index in [0.29, 0.717) is 6.54 Å². The minimum absolute atomic E-state index is 0.00512. The average molecular weight is 335 g/mol. The van der Waals surface area contributed by atoms with Gasteiger partial charge in [0.1, 0.15) is 29.2 Å². The van der Waals surface area contributed by atoms with Crippen LogP contribution in [0.25, 0.3) is 0 Å². The number of carbonyl (C=O) groups is 1. The van der Waals surface area contributed by atoms with Crippen LogP contribution in [0.4, 0.5) is 8.78 Å². The smallest absolute Gasteiger partial charge is 0.280 e. The van der Waals surface area contributed by atoms with Gasteiger partial charge in [0.15, 0.2) is 0 Å². The Morgan fingerprint density at radius 2 is 2.21 bits per heavy atom. The van der Waals surface area contributed by atoms with Crippen molar-refractivity contribution in [1.29, 1.82) is 0 Å². The zero-order valence-corrected chi connectivity index (χ0v) is 13.4. The first-order chi connectivity index (χ1) is 11.6. The highest BCUT2D eigenvalue weighted by Gasteiger charge is 2.31. The lowest BCUT2D eigenvalue weighted by atomic mass is 9.99. The van der Waals surface area contributed by atoms with Crippen molar-refractivity contribution in [2.24, 2.45) is 0 Å². The number of likely N-dealkylation sites (tertiary alicyclic amines) is 1. The van der Waals surface area contributed by atoms with E-state index in [2.05, 4.69) is 9.97 Å². The number of furan rings is 1. The van der Waals surface area contributed by atoms with E-state index in [1.165, 1.54) is 0 Å². The summed E-state index contributed by atoms with van der Waals surface area (Å²) in [6, 6.07) is 4.68.